The maximum Gasteiger partial charge on any atom is 0.414 e. The number of ether oxygens (including phenoxy) is 3. The summed E-state index contributed by atoms with van der Waals surface area (Å²) in [5, 5.41) is 2.57. The van der Waals surface area contributed by atoms with E-state index in [2.05, 4.69) is 5.32 Å². The highest BCUT2D eigenvalue weighted by Crippen LogP contribution is 2.27. The second-order valence-corrected chi connectivity index (χ2v) is 9.31. The van der Waals surface area contributed by atoms with E-state index in [0.29, 0.717) is 26.2 Å². The summed E-state index contributed by atoms with van der Waals surface area (Å²) in [5.74, 6) is -1.44. The summed E-state index contributed by atoms with van der Waals surface area (Å²) in [5.41, 5.74) is -0.323. The average Bonchev–Trinajstić information content (AvgIpc) is 3.16. The lowest BCUT2D eigenvalue weighted by Gasteiger charge is -2.35. The van der Waals surface area contributed by atoms with Crippen LogP contribution in [0.15, 0.2) is 18.2 Å². The van der Waals surface area contributed by atoms with Gasteiger partial charge in [-0.15, -0.1) is 0 Å². The second-order valence-electron chi connectivity index (χ2n) is 9.31. The van der Waals surface area contributed by atoms with Crippen LogP contribution in [0.2, 0.25) is 0 Å². The fourth-order valence-corrected chi connectivity index (χ4v) is 3.57. The third-order valence-electron chi connectivity index (χ3n) is 5.32. The summed E-state index contributed by atoms with van der Waals surface area (Å²) < 4.78 is 30.5. The number of nitrogens with one attached hydrogen (secondary N) is 1. The largest absolute Gasteiger partial charge is 0.481 e. The Kier molecular flexibility index (Phi) is 8.03. The van der Waals surface area contributed by atoms with E-state index in [9.17, 15) is 23.6 Å². The Hall–Kier alpha value is -3.57. The second kappa shape index (κ2) is 10.8. The molecule has 3 rings (SSSR count). The molecule has 1 aromatic carbocycles. The van der Waals surface area contributed by atoms with Crippen molar-refractivity contribution in [3.8, 4) is 5.75 Å². The van der Waals surface area contributed by atoms with Crippen LogP contribution in [0.5, 0.6) is 5.75 Å². The van der Waals surface area contributed by atoms with E-state index < -0.39 is 29.7 Å². The van der Waals surface area contributed by atoms with Crippen LogP contribution < -0.4 is 15.0 Å². The molecule has 2 aliphatic rings. The minimum absolute atomic E-state index is 0.128. The highest BCUT2D eigenvalue weighted by atomic mass is 19.1. The Morgan fingerprint density at radius 2 is 1.80 bits per heavy atom. The molecule has 0 unspecified atom stereocenters. The molecule has 0 bridgehead atoms. The van der Waals surface area contributed by atoms with Crippen molar-refractivity contribution in [3.63, 3.8) is 0 Å². The third-order valence-corrected chi connectivity index (χ3v) is 5.32. The fraction of sp³-hybridized carbons (Fsp3) is 0.565. The van der Waals surface area contributed by atoms with Gasteiger partial charge in [0.2, 0.25) is 5.91 Å². The molecule has 1 atom stereocenters. The predicted molar refractivity (Wildman–Crippen MR) is 123 cm³/mol. The van der Waals surface area contributed by atoms with Gasteiger partial charge in [0.05, 0.1) is 18.8 Å². The number of hydrogen-bond donors (Lipinski definition) is 1. The van der Waals surface area contributed by atoms with Gasteiger partial charge in [0.15, 0.2) is 18.2 Å². The summed E-state index contributed by atoms with van der Waals surface area (Å²) in [4.78, 5) is 52.1. The molecule has 0 aliphatic carbocycles. The van der Waals surface area contributed by atoms with E-state index >= 15 is 0 Å². The van der Waals surface area contributed by atoms with Gasteiger partial charge in [-0.25, -0.2) is 14.0 Å². The summed E-state index contributed by atoms with van der Waals surface area (Å²) in [6, 6.07) is 3.96. The Morgan fingerprint density at radius 3 is 2.40 bits per heavy atom. The molecule has 2 heterocycles. The van der Waals surface area contributed by atoms with Crippen LogP contribution in [0.1, 0.15) is 27.7 Å². The van der Waals surface area contributed by atoms with Gasteiger partial charge in [0.1, 0.15) is 11.7 Å². The molecule has 1 N–H and O–H groups in total. The van der Waals surface area contributed by atoms with E-state index in [1.165, 1.54) is 24.0 Å². The Bertz CT molecular complexity index is 973. The van der Waals surface area contributed by atoms with Gasteiger partial charge >= 0.3 is 12.2 Å². The number of carbonyl (C=O) groups excluding carboxylic acids is 4. The molecular formula is C23H31FN4O7. The zero-order chi connectivity index (χ0) is 25.8. The summed E-state index contributed by atoms with van der Waals surface area (Å²) in [6.07, 6.45) is -1.61. The van der Waals surface area contributed by atoms with Crippen molar-refractivity contribution < 1.29 is 37.8 Å². The summed E-state index contributed by atoms with van der Waals surface area (Å²) in [6.45, 7) is 7.98. The van der Waals surface area contributed by atoms with Gasteiger partial charge in [0.25, 0.3) is 5.91 Å². The van der Waals surface area contributed by atoms with Crippen molar-refractivity contribution in [2.24, 2.45) is 0 Å². The lowest BCUT2D eigenvalue weighted by molar-refractivity contribution is -0.135. The zero-order valence-electron chi connectivity index (χ0n) is 20.3. The number of rotatable bonds is 6. The molecule has 0 saturated carbocycles. The average molecular weight is 495 g/mol. The van der Waals surface area contributed by atoms with Crippen LogP contribution in [0.25, 0.3) is 0 Å². The van der Waals surface area contributed by atoms with Crippen LogP contribution in [-0.4, -0.2) is 91.4 Å². The first-order valence-electron chi connectivity index (χ1n) is 11.3. The lowest BCUT2D eigenvalue weighted by Crippen LogP contribution is -2.52. The van der Waals surface area contributed by atoms with Gasteiger partial charge in [-0.2, -0.15) is 0 Å². The smallest absolute Gasteiger partial charge is 0.414 e. The van der Waals surface area contributed by atoms with Gasteiger partial charge in [0, 0.05) is 39.2 Å². The minimum Gasteiger partial charge on any atom is -0.481 e. The highest BCUT2D eigenvalue weighted by Gasteiger charge is 2.33. The molecule has 0 spiro atoms. The monoisotopic (exact) mass is 494 g/mol. The van der Waals surface area contributed by atoms with E-state index in [1.807, 2.05) is 0 Å². The molecule has 11 nitrogen and oxygen atoms in total. The number of halogens is 1. The maximum atomic E-state index is 14.6. The molecule has 1 aromatic rings. The fourth-order valence-electron chi connectivity index (χ4n) is 3.57. The first-order chi connectivity index (χ1) is 16.4. The number of anilines is 1. The molecule has 0 radical (unpaired) electrons. The number of piperazine rings is 1. The van der Waals surface area contributed by atoms with E-state index in [1.54, 1.807) is 30.6 Å². The number of amides is 4. The van der Waals surface area contributed by atoms with Gasteiger partial charge in [-0.3, -0.25) is 14.5 Å². The third kappa shape index (κ3) is 7.20. The molecule has 2 fully saturated rings. The molecule has 35 heavy (non-hydrogen) atoms. The van der Waals surface area contributed by atoms with Crippen LogP contribution in [-0.2, 0) is 19.1 Å². The Labute approximate surface area is 203 Å². The van der Waals surface area contributed by atoms with Crippen LogP contribution in [0.3, 0.4) is 0 Å². The van der Waals surface area contributed by atoms with E-state index in [-0.39, 0.29) is 42.9 Å². The maximum absolute atomic E-state index is 14.6. The van der Waals surface area contributed by atoms with Crippen molar-refractivity contribution in [2.75, 3.05) is 50.8 Å². The number of benzene rings is 1. The van der Waals surface area contributed by atoms with Crippen LogP contribution >= 0.6 is 0 Å². The van der Waals surface area contributed by atoms with Crippen molar-refractivity contribution in [2.45, 2.75) is 39.4 Å². The topological polar surface area (TPSA) is 118 Å². The van der Waals surface area contributed by atoms with Crippen molar-refractivity contribution in [3.05, 3.63) is 24.0 Å². The zero-order valence-corrected chi connectivity index (χ0v) is 20.3. The molecule has 12 heteroatoms. The molecule has 0 aromatic heterocycles. The number of carbonyl (C=O) groups is 4. The lowest BCUT2D eigenvalue weighted by atomic mass is 10.2. The van der Waals surface area contributed by atoms with Crippen molar-refractivity contribution in [1.82, 2.24) is 15.1 Å². The molecule has 2 saturated heterocycles. The van der Waals surface area contributed by atoms with E-state index in [0.717, 1.165) is 6.07 Å². The molecular weight excluding hydrogens is 463 g/mol. The van der Waals surface area contributed by atoms with Crippen molar-refractivity contribution >= 4 is 29.7 Å². The standard InChI is InChI=1S/C23H31FN4O7/c1-15(29)25-12-17-13-28(22(32)34-17)16-5-6-19(18(24)11-16)33-14-20(30)26-7-9-27(10-8-26)21(31)35-23(2,3)4/h5-6,11,17H,7-10,12-14H2,1-4H3,(H,25,29)/t17-/m0/s1. The normalized spacial score (nSPS) is 18.3. The Balaban J connectivity index is 1.48. The number of hydrogen-bond acceptors (Lipinski definition) is 7. The summed E-state index contributed by atoms with van der Waals surface area (Å²) >= 11 is 0. The quantitative estimate of drug-likeness (QED) is 0.640. The van der Waals surface area contributed by atoms with Crippen molar-refractivity contribution in [1.29, 1.82) is 0 Å². The van der Waals surface area contributed by atoms with E-state index in [4.69, 9.17) is 14.2 Å². The predicted octanol–water partition coefficient (Wildman–Crippen LogP) is 1.75. The van der Waals surface area contributed by atoms with Gasteiger partial charge in [-0.05, 0) is 32.9 Å². The number of nitrogens with zero attached hydrogens (tertiary/aromatic N) is 3. The highest BCUT2D eigenvalue weighted by molar-refractivity contribution is 5.90. The van der Waals surface area contributed by atoms with Crippen LogP contribution in [0.4, 0.5) is 19.7 Å². The molecule has 192 valence electrons. The minimum atomic E-state index is -0.733. The summed E-state index contributed by atoms with van der Waals surface area (Å²) in [7, 11) is 0. The first-order valence-corrected chi connectivity index (χ1v) is 11.3. The molecule has 2 aliphatic heterocycles. The molecule has 4 amide bonds. The number of cyclic esters (lactones) is 1. The SMILES string of the molecule is CC(=O)NC[C@H]1CN(c2ccc(OCC(=O)N3CCN(C(=O)OC(C)(C)C)CC3)c(F)c2)C(=O)O1. The van der Waals surface area contributed by atoms with Gasteiger partial charge < -0.3 is 29.3 Å². The van der Waals surface area contributed by atoms with Gasteiger partial charge in [-0.1, -0.05) is 0 Å². The Morgan fingerprint density at radius 1 is 1.14 bits per heavy atom. The first kappa shape index (κ1) is 26.0. The van der Waals surface area contributed by atoms with Crippen LogP contribution in [0, 0.1) is 5.82 Å².